The number of rotatable bonds is 3. The first-order valence-corrected chi connectivity index (χ1v) is 11.8. The third-order valence-corrected chi connectivity index (χ3v) is 10.7. The van der Waals surface area contributed by atoms with E-state index in [1.165, 1.54) is 38.5 Å². The molecule has 0 spiro atoms. The molecule has 5 fully saturated rings. The number of hydrogen-bond donors (Lipinski definition) is 0. The van der Waals surface area contributed by atoms with Crippen molar-refractivity contribution in [1.29, 1.82) is 0 Å². The van der Waals surface area contributed by atoms with Gasteiger partial charge < -0.3 is 4.99 Å². The lowest BCUT2D eigenvalue weighted by Crippen LogP contribution is -2.54. The summed E-state index contributed by atoms with van der Waals surface area (Å²) in [5.41, 5.74) is 2.48. The number of carbonyl (C=O) groups excluding carboxylic acids is 1. The van der Waals surface area contributed by atoms with Crippen LogP contribution < -0.4 is 0 Å². The van der Waals surface area contributed by atoms with Crippen LogP contribution in [0.5, 0.6) is 0 Å². The number of carbonyl (C=O) groups is 1. The smallest absolute Gasteiger partial charge is 0.155 e. The van der Waals surface area contributed by atoms with E-state index in [-0.39, 0.29) is 0 Å². The molecule has 0 heterocycles. The van der Waals surface area contributed by atoms with Gasteiger partial charge in [0.05, 0.1) is 0 Å². The number of nitrogens with zero attached hydrogens (tertiary/aromatic N) is 1. The minimum Gasteiger partial charge on any atom is -0.300 e. The molecule has 0 bridgehead atoms. The third kappa shape index (κ3) is 1.85. The van der Waals surface area contributed by atoms with Crippen LogP contribution in [0, 0.1) is 58.2 Å². The largest absolute Gasteiger partial charge is 0.300 e. The Morgan fingerprint density at radius 3 is 2.70 bits per heavy atom. The van der Waals surface area contributed by atoms with Crippen LogP contribution in [0.1, 0.15) is 65.2 Å². The minimum atomic E-state index is 0.375. The minimum absolute atomic E-state index is 0.375. The molecule has 6 aliphatic rings. The first-order valence-electron chi connectivity index (χ1n) is 11.8. The molecule has 5 saturated carbocycles. The summed E-state index contributed by atoms with van der Waals surface area (Å²) < 4.78 is 0. The maximum Gasteiger partial charge on any atom is 0.155 e. The summed E-state index contributed by atoms with van der Waals surface area (Å²) >= 11 is 0. The van der Waals surface area contributed by atoms with Gasteiger partial charge in [-0.25, -0.2) is 0 Å². The van der Waals surface area contributed by atoms with E-state index in [4.69, 9.17) is 0 Å². The van der Waals surface area contributed by atoms with Gasteiger partial charge in [-0.1, -0.05) is 19.4 Å². The van der Waals surface area contributed by atoms with Crippen LogP contribution in [-0.2, 0) is 4.79 Å². The van der Waals surface area contributed by atoms with Crippen LogP contribution in [0.3, 0.4) is 0 Å². The predicted molar refractivity (Wildman–Crippen MR) is 109 cm³/mol. The first-order chi connectivity index (χ1) is 13.1. The molecule has 2 nitrogen and oxygen atoms in total. The third-order valence-electron chi connectivity index (χ3n) is 10.7. The van der Waals surface area contributed by atoms with Crippen molar-refractivity contribution in [2.24, 2.45) is 63.2 Å². The van der Waals surface area contributed by atoms with Gasteiger partial charge in [0.25, 0.3) is 0 Å². The fraction of sp³-hybridized carbons (Fsp3) is 0.840. The van der Waals surface area contributed by atoms with E-state index < -0.39 is 0 Å². The van der Waals surface area contributed by atoms with Crippen molar-refractivity contribution >= 4 is 12.0 Å². The second kappa shape index (κ2) is 5.36. The van der Waals surface area contributed by atoms with Gasteiger partial charge in [-0.3, -0.25) is 4.79 Å². The number of allylic oxidation sites excluding steroid dienone is 1. The lowest BCUT2D eigenvalue weighted by Gasteiger charge is -2.59. The Hall–Kier alpha value is -0.920. The molecule has 0 amide bonds. The number of hydrogen-bond acceptors (Lipinski definition) is 2. The van der Waals surface area contributed by atoms with Crippen molar-refractivity contribution < 1.29 is 4.79 Å². The van der Waals surface area contributed by atoms with Crippen LogP contribution in [-0.4, -0.2) is 19.0 Å². The standard InChI is InChI=1S/C25H35NO/c1-4-24-9-8-16-15-7-6-14(27)10-17(15)18-11-19(18)22(16)23(24)20-12-21(20)25(24,5-2)13-26-3/h10,13,15-16,18-23H,4-9,11-12H2,1-3H3/t15-,16-,18+,19+,20-,21+,22+,23+,24+,25+/m1/s1. The fourth-order valence-corrected chi connectivity index (χ4v) is 9.88. The molecule has 6 aliphatic carbocycles. The van der Waals surface area contributed by atoms with Crippen LogP contribution >= 0.6 is 0 Å². The molecule has 2 heteroatoms. The molecule has 0 aromatic carbocycles. The van der Waals surface area contributed by atoms with Crippen LogP contribution in [0.2, 0.25) is 0 Å². The van der Waals surface area contributed by atoms with Crippen molar-refractivity contribution in [3.05, 3.63) is 11.6 Å². The molecular weight excluding hydrogens is 330 g/mol. The molecule has 0 aromatic rings. The second-order valence-corrected chi connectivity index (χ2v) is 10.9. The van der Waals surface area contributed by atoms with Gasteiger partial charge in [0.2, 0.25) is 0 Å². The van der Waals surface area contributed by atoms with Gasteiger partial charge in [-0.2, -0.15) is 0 Å². The first kappa shape index (κ1) is 17.0. The Morgan fingerprint density at radius 2 is 1.96 bits per heavy atom. The summed E-state index contributed by atoms with van der Waals surface area (Å²) in [6.07, 6.45) is 14.8. The van der Waals surface area contributed by atoms with Crippen LogP contribution in [0.25, 0.3) is 0 Å². The molecule has 146 valence electrons. The predicted octanol–water partition coefficient (Wildman–Crippen LogP) is 5.33. The Morgan fingerprint density at radius 1 is 1.11 bits per heavy atom. The zero-order valence-corrected chi connectivity index (χ0v) is 17.3. The second-order valence-electron chi connectivity index (χ2n) is 10.9. The lowest BCUT2D eigenvalue weighted by atomic mass is 9.45. The number of fused-ring (bicyclic) bond motifs is 10. The highest BCUT2D eigenvalue weighted by molar-refractivity contribution is 5.91. The molecular formula is C25H35NO. The molecule has 0 aromatic heterocycles. The average molecular weight is 366 g/mol. The van der Waals surface area contributed by atoms with Crippen LogP contribution in [0.15, 0.2) is 16.6 Å². The molecule has 6 rings (SSSR count). The maximum atomic E-state index is 12.1. The summed E-state index contributed by atoms with van der Waals surface area (Å²) in [6, 6.07) is 0. The van der Waals surface area contributed by atoms with Gasteiger partial charge in [-0.15, -0.1) is 0 Å². The van der Waals surface area contributed by atoms with Gasteiger partial charge in [0.1, 0.15) is 0 Å². The van der Waals surface area contributed by atoms with E-state index in [1.54, 1.807) is 5.57 Å². The highest BCUT2D eigenvalue weighted by Crippen LogP contribution is 2.82. The molecule has 27 heavy (non-hydrogen) atoms. The van der Waals surface area contributed by atoms with E-state index in [0.717, 1.165) is 60.2 Å². The topological polar surface area (TPSA) is 29.4 Å². The Bertz CT molecular complexity index is 751. The van der Waals surface area contributed by atoms with Crippen molar-refractivity contribution in [1.82, 2.24) is 0 Å². The molecule has 0 radical (unpaired) electrons. The zero-order chi connectivity index (χ0) is 18.6. The van der Waals surface area contributed by atoms with Gasteiger partial charge >= 0.3 is 0 Å². The van der Waals surface area contributed by atoms with Crippen molar-refractivity contribution in [2.45, 2.75) is 65.2 Å². The summed E-state index contributed by atoms with van der Waals surface area (Å²) in [6.45, 7) is 4.93. The summed E-state index contributed by atoms with van der Waals surface area (Å²) in [5.74, 6) is 7.52. The van der Waals surface area contributed by atoms with Crippen molar-refractivity contribution in [3.8, 4) is 0 Å². The normalized spacial score (nSPS) is 57.3. The molecule has 0 N–H and O–H groups in total. The van der Waals surface area contributed by atoms with Gasteiger partial charge in [-0.05, 0) is 104 Å². The van der Waals surface area contributed by atoms with E-state index >= 15 is 0 Å². The van der Waals surface area contributed by atoms with Crippen molar-refractivity contribution in [2.75, 3.05) is 7.05 Å². The molecule has 0 unspecified atom stereocenters. The van der Waals surface area contributed by atoms with Crippen LogP contribution in [0.4, 0.5) is 0 Å². The molecule has 0 aliphatic heterocycles. The Balaban J connectivity index is 1.44. The summed E-state index contributed by atoms with van der Waals surface area (Å²) in [5, 5.41) is 0. The number of ketones is 1. The Kier molecular flexibility index (Phi) is 3.37. The summed E-state index contributed by atoms with van der Waals surface area (Å²) in [7, 11) is 2.00. The van der Waals surface area contributed by atoms with E-state index in [2.05, 4.69) is 31.1 Å². The highest BCUT2D eigenvalue weighted by atomic mass is 16.1. The Labute approximate surface area is 164 Å². The SMILES string of the molecule is CC[C@]12CC[C@H]3[C@@H]([C@H]4C[C@H]4C4=CC(=O)CC[C@@H]43)[C@@H]1[C@@H]1C[C@@H]1[C@@]2(C=NC)CC. The number of aliphatic imine (C=N–C) groups is 1. The highest BCUT2D eigenvalue weighted by Gasteiger charge is 2.77. The van der Waals surface area contributed by atoms with E-state index in [0.29, 0.717) is 16.6 Å². The zero-order valence-electron chi connectivity index (χ0n) is 17.3. The monoisotopic (exact) mass is 365 g/mol. The van der Waals surface area contributed by atoms with E-state index in [9.17, 15) is 4.79 Å². The lowest BCUT2D eigenvalue weighted by molar-refractivity contribution is -0.116. The average Bonchev–Trinajstić information content (AvgIpc) is 3.59. The fourth-order valence-electron chi connectivity index (χ4n) is 9.88. The molecule has 0 saturated heterocycles. The van der Waals surface area contributed by atoms with Gasteiger partial charge in [0, 0.05) is 25.1 Å². The maximum absolute atomic E-state index is 12.1. The quantitative estimate of drug-likeness (QED) is 0.622. The summed E-state index contributed by atoms with van der Waals surface area (Å²) in [4.78, 5) is 16.7. The molecule has 10 atom stereocenters. The van der Waals surface area contributed by atoms with E-state index in [1.807, 2.05) is 7.05 Å². The van der Waals surface area contributed by atoms with Gasteiger partial charge in [0.15, 0.2) is 5.78 Å². The van der Waals surface area contributed by atoms with Crippen molar-refractivity contribution in [3.63, 3.8) is 0 Å².